The molecule has 11 nitrogen and oxygen atoms in total. The number of carbonyl (C=O) groups excluding carboxylic acids is 4. The third-order valence-corrected chi connectivity index (χ3v) is 5.70. The number of hydrogen-bond acceptors (Lipinski definition) is 6. The second-order valence-corrected chi connectivity index (χ2v) is 8.97. The Balaban J connectivity index is 3.11. The van der Waals surface area contributed by atoms with E-state index in [-0.39, 0.29) is 24.7 Å². The third-order valence-electron chi connectivity index (χ3n) is 5.70. The maximum atomic E-state index is 13.1. The van der Waals surface area contributed by atoms with Crippen LogP contribution in [0.1, 0.15) is 46.1 Å². The highest BCUT2D eigenvalue weighted by atomic mass is 16.4. The highest BCUT2D eigenvalue weighted by molar-refractivity contribution is 5.95. The average molecular weight is 492 g/mol. The zero-order chi connectivity index (χ0) is 26.7. The largest absolute Gasteiger partial charge is 0.480 e. The van der Waals surface area contributed by atoms with Crippen molar-refractivity contribution in [3.8, 4) is 0 Å². The first kappa shape index (κ1) is 29.6. The Labute approximate surface area is 205 Å². The van der Waals surface area contributed by atoms with Crippen molar-refractivity contribution in [3.05, 3.63) is 35.9 Å². The molecule has 4 amide bonds. The molecule has 0 saturated heterocycles. The number of primary amides is 1. The average Bonchev–Trinajstić information content (AvgIpc) is 2.79. The molecule has 1 aromatic rings. The highest BCUT2D eigenvalue weighted by Crippen LogP contribution is 2.11. The zero-order valence-corrected chi connectivity index (χ0v) is 20.6. The predicted molar refractivity (Wildman–Crippen MR) is 130 cm³/mol. The van der Waals surface area contributed by atoms with E-state index in [1.54, 1.807) is 51.1 Å². The van der Waals surface area contributed by atoms with E-state index in [1.165, 1.54) is 0 Å². The van der Waals surface area contributed by atoms with Crippen molar-refractivity contribution < 1.29 is 29.1 Å². The number of rotatable bonds is 14. The number of carboxylic acids is 1. The molecule has 8 N–H and O–H groups in total. The summed E-state index contributed by atoms with van der Waals surface area (Å²) in [5, 5.41) is 17.2. The second-order valence-electron chi connectivity index (χ2n) is 8.97. The molecule has 0 aliphatic rings. The molecular weight excluding hydrogens is 454 g/mol. The molecule has 0 aliphatic heterocycles. The Morgan fingerprint density at radius 3 is 1.94 bits per heavy atom. The van der Waals surface area contributed by atoms with Crippen LogP contribution in [0.5, 0.6) is 0 Å². The Hall–Kier alpha value is -3.47. The van der Waals surface area contributed by atoms with E-state index in [0.29, 0.717) is 6.42 Å². The van der Waals surface area contributed by atoms with Crippen LogP contribution >= 0.6 is 0 Å². The summed E-state index contributed by atoms with van der Waals surface area (Å²) < 4.78 is 0. The number of hydrogen-bond donors (Lipinski definition) is 6. The summed E-state index contributed by atoms with van der Waals surface area (Å²) in [7, 11) is 0. The van der Waals surface area contributed by atoms with Crippen molar-refractivity contribution in [1.29, 1.82) is 0 Å². The van der Waals surface area contributed by atoms with Crippen molar-refractivity contribution in [2.75, 3.05) is 0 Å². The smallest absolute Gasteiger partial charge is 0.326 e. The summed E-state index contributed by atoms with van der Waals surface area (Å²) in [4.78, 5) is 61.4. The molecule has 0 spiro atoms. The number of nitrogens with two attached hydrogens (primary N) is 2. The topological polar surface area (TPSA) is 194 Å². The number of carboxylic acid groups (broad SMARTS) is 1. The van der Waals surface area contributed by atoms with Gasteiger partial charge < -0.3 is 32.5 Å². The lowest BCUT2D eigenvalue weighted by Crippen LogP contribution is -2.59. The van der Waals surface area contributed by atoms with Gasteiger partial charge in [-0.1, -0.05) is 64.4 Å². The molecule has 0 saturated carbocycles. The Morgan fingerprint density at radius 1 is 0.886 bits per heavy atom. The van der Waals surface area contributed by atoms with Crippen LogP contribution in [0, 0.1) is 11.8 Å². The van der Waals surface area contributed by atoms with Crippen LogP contribution in [-0.2, 0) is 30.4 Å². The van der Waals surface area contributed by atoms with Gasteiger partial charge in [-0.3, -0.25) is 19.2 Å². The molecule has 0 bridgehead atoms. The SMILES string of the molecule is CCC(C)C(NC(=O)C(Cc1ccccc1)NC(=O)C(NC(=O)C(N)CC(N)=O)C(C)C)C(=O)O. The van der Waals surface area contributed by atoms with Gasteiger partial charge in [0, 0.05) is 6.42 Å². The summed E-state index contributed by atoms with van der Waals surface area (Å²) in [5.41, 5.74) is 11.5. The van der Waals surface area contributed by atoms with E-state index < -0.39 is 53.8 Å². The minimum Gasteiger partial charge on any atom is -0.480 e. The van der Waals surface area contributed by atoms with E-state index in [9.17, 15) is 29.1 Å². The summed E-state index contributed by atoms with van der Waals surface area (Å²) in [6, 6.07) is 4.41. The highest BCUT2D eigenvalue weighted by Gasteiger charge is 2.33. The second kappa shape index (κ2) is 14.1. The monoisotopic (exact) mass is 491 g/mol. The molecule has 5 unspecified atom stereocenters. The molecule has 0 radical (unpaired) electrons. The van der Waals surface area contributed by atoms with E-state index in [0.717, 1.165) is 5.56 Å². The predicted octanol–water partition coefficient (Wildman–Crippen LogP) is -0.327. The third kappa shape index (κ3) is 9.73. The quantitative estimate of drug-likeness (QED) is 0.205. The summed E-state index contributed by atoms with van der Waals surface area (Å²) in [6.45, 7) is 6.91. The molecular formula is C24H37N5O6. The fourth-order valence-corrected chi connectivity index (χ4v) is 3.36. The molecule has 1 aromatic carbocycles. The Kier molecular flexibility index (Phi) is 11.9. The van der Waals surface area contributed by atoms with Crippen molar-refractivity contribution in [1.82, 2.24) is 16.0 Å². The molecule has 0 aromatic heterocycles. The van der Waals surface area contributed by atoms with Gasteiger partial charge in [0.05, 0.1) is 12.5 Å². The fourth-order valence-electron chi connectivity index (χ4n) is 3.36. The van der Waals surface area contributed by atoms with E-state index in [2.05, 4.69) is 16.0 Å². The van der Waals surface area contributed by atoms with E-state index in [4.69, 9.17) is 11.5 Å². The number of amides is 4. The standard InChI is InChI=1S/C24H37N5O6/c1-5-14(4)20(24(34)35)29-22(32)17(11-15-9-7-6-8-10-15)27-23(33)19(13(2)3)28-21(31)16(25)12-18(26)30/h6-10,13-14,16-17,19-20H,5,11-12,25H2,1-4H3,(H2,26,30)(H,27,33)(H,28,31)(H,29,32)(H,34,35). The normalized spacial score (nSPS) is 15.3. The van der Waals surface area contributed by atoms with Crippen LogP contribution in [0.2, 0.25) is 0 Å². The zero-order valence-electron chi connectivity index (χ0n) is 20.6. The Morgan fingerprint density at radius 2 is 1.46 bits per heavy atom. The first-order chi connectivity index (χ1) is 16.4. The maximum absolute atomic E-state index is 13.1. The van der Waals surface area contributed by atoms with Gasteiger partial charge in [0.15, 0.2) is 0 Å². The molecule has 5 atom stereocenters. The molecule has 0 aliphatic carbocycles. The molecule has 1 rings (SSSR count). The molecule has 0 heterocycles. The van der Waals surface area contributed by atoms with Gasteiger partial charge in [0.25, 0.3) is 0 Å². The van der Waals surface area contributed by atoms with Crippen LogP contribution in [0.4, 0.5) is 0 Å². The van der Waals surface area contributed by atoms with Gasteiger partial charge in [0.2, 0.25) is 23.6 Å². The lowest BCUT2D eigenvalue weighted by atomic mass is 9.97. The number of aliphatic carboxylic acids is 1. The van der Waals surface area contributed by atoms with E-state index in [1.807, 2.05) is 6.92 Å². The first-order valence-electron chi connectivity index (χ1n) is 11.6. The van der Waals surface area contributed by atoms with Crippen LogP contribution in [-0.4, -0.2) is 58.9 Å². The van der Waals surface area contributed by atoms with Crippen LogP contribution < -0.4 is 27.4 Å². The van der Waals surface area contributed by atoms with Crippen LogP contribution in [0.15, 0.2) is 30.3 Å². The van der Waals surface area contributed by atoms with E-state index >= 15 is 0 Å². The minimum absolute atomic E-state index is 0.102. The number of carbonyl (C=O) groups is 5. The summed E-state index contributed by atoms with van der Waals surface area (Å²) in [5.74, 6) is -4.68. The lowest BCUT2D eigenvalue weighted by molar-refractivity contribution is -0.143. The minimum atomic E-state index is -1.23. The Bertz CT molecular complexity index is 892. The van der Waals surface area contributed by atoms with Gasteiger partial charge in [-0.25, -0.2) is 4.79 Å². The van der Waals surface area contributed by atoms with Crippen molar-refractivity contribution in [3.63, 3.8) is 0 Å². The fraction of sp³-hybridized carbons (Fsp3) is 0.542. The molecule has 194 valence electrons. The summed E-state index contributed by atoms with van der Waals surface area (Å²) >= 11 is 0. The number of benzene rings is 1. The molecule has 11 heteroatoms. The molecule has 35 heavy (non-hydrogen) atoms. The van der Waals surface area contributed by atoms with Gasteiger partial charge in [-0.2, -0.15) is 0 Å². The first-order valence-corrected chi connectivity index (χ1v) is 11.6. The van der Waals surface area contributed by atoms with Crippen molar-refractivity contribution in [2.45, 2.75) is 71.1 Å². The lowest BCUT2D eigenvalue weighted by Gasteiger charge is -2.28. The van der Waals surface area contributed by atoms with Gasteiger partial charge in [-0.15, -0.1) is 0 Å². The summed E-state index contributed by atoms with van der Waals surface area (Å²) in [6.07, 6.45) is 0.245. The van der Waals surface area contributed by atoms with Crippen molar-refractivity contribution in [2.24, 2.45) is 23.3 Å². The van der Waals surface area contributed by atoms with Crippen molar-refractivity contribution >= 4 is 29.6 Å². The van der Waals surface area contributed by atoms with Crippen LogP contribution in [0.25, 0.3) is 0 Å². The molecule has 0 fully saturated rings. The van der Waals surface area contributed by atoms with Gasteiger partial charge in [0.1, 0.15) is 18.1 Å². The maximum Gasteiger partial charge on any atom is 0.326 e. The van der Waals surface area contributed by atoms with Crippen LogP contribution in [0.3, 0.4) is 0 Å². The van der Waals surface area contributed by atoms with Gasteiger partial charge >= 0.3 is 5.97 Å². The van der Waals surface area contributed by atoms with Gasteiger partial charge in [-0.05, 0) is 17.4 Å². The number of nitrogens with one attached hydrogen (secondary N) is 3.